The molecule has 1 aromatic carbocycles. The minimum atomic E-state index is -0.245. The van der Waals surface area contributed by atoms with Gasteiger partial charge in [-0.2, -0.15) is 5.48 Å². The number of aliphatic imine (C=N–C) groups is 2. The smallest absolute Gasteiger partial charge is 0.214 e. The average molecular weight is 486 g/mol. The normalized spacial score (nSPS) is 16.6. The van der Waals surface area contributed by atoms with Crippen molar-refractivity contribution in [3.63, 3.8) is 0 Å². The van der Waals surface area contributed by atoms with E-state index in [1.165, 1.54) is 0 Å². The molecule has 1 aromatic rings. The summed E-state index contributed by atoms with van der Waals surface area (Å²) < 4.78 is 0. The fourth-order valence-corrected chi connectivity index (χ4v) is 3.39. The van der Waals surface area contributed by atoms with Gasteiger partial charge >= 0.3 is 0 Å². The lowest BCUT2D eigenvalue weighted by Crippen LogP contribution is -2.38. The third kappa shape index (κ3) is 12.4. The van der Waals surface area contributed by atoms with E-state index in [0.29, 0.717) is 12.5 Å². The van der Waals surface area contributed by atoms with Crippen LogP contribution in [0.4, 0.5) is 5.69 Å². The molecule has 1 saturated heterocycles. The summed E-state index contributed by atoms with van der Waals surface area (Å²) in [6, 6.07) is 8.33. The van der Waals surface area contributed by atoms with Crippen LogP contribution < -0.4 is 16.1 Å². The van der Waals surface area contributed by atoms with E-state index in [-0.39, 0.29) is 6.10 Å². The zero-order valence-corrected chi connectivity index (χ0v) is 23.1. The van der Waals surface area contributed by atoms with Crippen molar-refractivity contribution >= 4 is 23.1 Å². The van der Waals surface area contributed by atoms with Gasteiger partial charge in [-0.05, 0) is 57.7 Å². The van der Waals surface area contributed by atoms with Crippen LogP contribution in [0.1, 0.15) is 66.4 Å². The molecule has 7 nitrogen and oxygen atoms in total. The molecule has 7 heteroatoms. The maximum absolute atomic E-state index is 9.95. The number of nitrogens with two attached hydrogens (primary N) is 1. The molecule has 0 amide bonds. The van der Waals surface area contributed by atoms with Gasteiger partial charge in [0.25, 0.3) is 0 Å². The van der Waals surface area contributed by atoms with E-state index in [0.717, 1.165) is 59.7 Å². The van der Waals surface area contributed by atoms with Crippen molar-refractivity contribution in [3.05, 3.63) is 59.7 Å². The highest BCUT2D eigenvalue weighted by molar-refractivity contribution is 5.93. The topological polar surface area (TPSA) is 95.5 Å². The van der Waals surface area contributed by atoms with E-state index in [1.807, 2.05) is 46.8 Å². The molecule has 35 heavy (non-hydrogen) atoms. The number of hydroxylamine groups is 1. The Balaban J connectivity index is 0.000000982. The van der Waals surface area contributed by atoms with Crippen molar-refractivity contribution in [3.8, 4) is 0 Å². The van der Waals surface area contributed by atoms with E-state index >= 15 is 0 Å². The molecule has 1 atom stereocenters. The van der Waals surface area contributed by atoms with Gasteiger partial charge in [-0.15, -0.1) is 0 Å². The van der Waals surface area contributed by atoms with Crippen molar-refractivity contribution in [2.45, 2.75) is 66.9 Å². The van der Waals surface area contributed by atoms with Crippen LogP contribution in [0, 0.1) is 0 Å². The maximum Gasteiger partial charge on any atom is 0.214 e. The highest BCUT2D eigenvalue weighted by Crippen LogP contribution is 2.28. The van der Waals surface area contributed by atoms with Crippen molar-refractivity contribution in [2.75, 3.05) is 32.1 Å². The number of nitrogens with zero attached hydrogens (tertiary/aromatic N) is 3. The summed E-state index contributed by atoms with van der Waals surface area (Å²) in [6.45, 7) is 17.4. The van der Waals surface area contributed by atoms with Crippen LogP contribution in [0.2, 0.25) is 0 Å². The molecule has 1 aliphatic heterocycles. The van der Waals surface area contributed by atoms with Gasteiger partial charge < -0.3 is 20.6 Å². The lowest BCUT2D eigenvalue weighted by atomic mass is 10.0. The summed E-state index contributed by atoms with van der Waals surface area (Å²) in [5.74, 6) is 1.16. The summed E-state index contributed by atoms with van der Waals surface area (Å²) in [5, 5.41) is 9.95. The summed E-state index contributed by atoms with van der Waals surface area (Å²) in [5.41, 5.74) is 13.3. The molecule has 0 aliphatic carbocycles. The van der Waals surface area contributed by atoms with Gasteiger partial charge in [0.15, 0.2) is 5.76 Å². The van der Waals surface area contributed by atoms with Crippen LogP contribution in [0.5, 0.6) is 0 Å². The van der Waals surface area contributed by atoms with Crippen LogP contribution >= 0.6 is 0 Å². The van der Waals surface area contributed by atoms with Gasteiger partial charge in [0.1, 0.15) is 0 Å². The molecule has 0 radical (unpaired) electrons. The fourth-order valence-electron chi connectivity index (χ4n) is 3.39. The average Bonchev–Trinajstić information content (AvgIpc) is 2.87. The lowest BCUT2D eigenvalue weighted by Gasteiger charge is -2.32. The van der Waals surface area contributed by atoms with E-state index in [4.69, 9.17) is 10.6 Å². The van der Waals surface area contributed by atoms with Gasteiger partial charge in [-0.3, -0.25) is 4.99 Å². The number of piperidine rings is 1. The Kier molecular flexibility index (Phi) is 16.9. The molecule has 0 saturated carbocycles. The van der Waals surface area contributed by atoms with Crippen LogP contribution in [-0.4, -0.2) is 50.1 Å². The van der Waals surface area contributed by atoms with Gasteiger partial charge in [0, 0.05) is 44.1 Å². The Morgan fingerprint density at radius 3 is 2.49 bits per heavy atom. The zero-order valence-electron chi connectivity index (χ0n) is 23.1. The molecule has 0 spiro atoms. The molecule has 1 aliphatic rings. The standard InChI is InChI=1S/C21H30N2O2.C5H11N3.C2H6/c1-5-16(3)13-17(6-2)21(25-22-4)18-9-7-10-19(14-18)23-12-8-11-20(24)15-23;1-4(2)8-5(6)7-3;1-2/h5,7,9-10,13-14,20,22,24H,1,6,8,11-12,15H2,2-4H3;1-3H3,(H2,6,7);1-2H3/b16-13-,21-17+;;. The number of aliphatic hydroxyl groups is 1. The largest absolute Gasteiger partial charge is 0.408 e. The van der Waals surface area contributed by atoms with Gasteiger partial charge in [0.2, 0.25) is 5.96 Å². The first-order chi connectivity index (χ1) is 16.7. The Morgan fingerprint density at radius 2 is 2.00 bits per heavy atom. The maximum atomic E-state index is 9.95. The number of β-amino-alcohol motifs (C(OH)–C–C–N with tert-alkyl or cyclic N) is 1. The van der Waals surface area contributed by atoms with Crippen LogP contribution in [0.15, 0.2) is 64.1 Å². The highest BCUT2D eigenvalue weighted by Gasteiger charge is 2.19. The second-order valence-corrected chi connectivity index (χ2v) is 8.04. The quantitative estimate of drug-likeness (QED) is 0.156. The third-order valence-electron chi connectivity index (χ3n) is 5.04. The second-order valence-electron chi connectivity index (χ2n) is 8.04. The molecule has 2 rings (SSSR count). The number of hydrogen-bond donors (Lipinski definition) is 3. The van der Waals surface area contributed by atoms with E-state index in [2.05, 4.69) is 58.1 Å². The molecule has 1 heterocycles. The Morgan fingerprint density at radius 1 is 1.31 bits per heavy atom. The Labute approximate surface area is 213 Å². The third-order valence-corrected chi connectivity index (χ3v) is 5.04. The van der Waals surface area contributed by atoms with Gasteiger partial charge in [0.05, 0.1) is 6.10 Å². The molecule has 1 unspecified atom stereocenters. The van der Waals surface area contributed by atoms with E-state index in [9.17, 15) is 5.11 Å². The predicted octanol–water partition coefficient (Wildman–Crippen LogP) is 5.49. The molecular formula is C28H47N5O2. The highest BCUT2D eigenvalue weighted by atomic mass is 16.6. The number of rotatable bonds is 7. The molecule has 1 fully saturated rings. The summed E-state index contributed by atoms with van der Waals surface area (Å²) >= 11 is 0. The van der Waals surface area contributed by atoms with Crippen molar-refractivity contribution in [1.82, 2.24) is 5.48 Å². The number of benzene rings is 1. The van der Waals surface area contributed by atoms with Gasteiger partial charge in [-0.1, -0.05) is 57.2 Å². The summed E-state index contributed by atoms with van der Waals surface area (Å²) in [7, 11) is 3.38. The molecular weight excluding hydrogens is 438 g/mol. The van der Waals surface area contributed by atoms with Crippen LogP contribution in [0.3, 0.4) is 0 Å². The number of aliphatic hydroxyl groups excluding tert-OH is 1. The lowest BCUT2D eigenvalue weighted by molar-refractivity contribution is 0.154. The second kappa shape index (κ2) is 18.4. The van der Waals surface area contributed by atoms with Crippen molar-refractivity contribution in [1.29, 1.82) is 0 Å². The van der Waals surface area contributed by atoms with Crippen LogP contribution in [-0.2, 0) is 4.84 Å². The molecule has 4 N–H and O–H groups in total. The van der Waals surface area contributed by atoms with Crippen LogP contribution in [0.25, 0.3) is 5.76 Å². The van der Waals surface area contributed by atoms with Crippen molar-refractivity contribution in [2.24, 2.45) is 15.7 Å². The van der Waals surface area contributed by atoms with Gasteiger partial charge in [-0.25, -0.2) is 4.99 Å². The SMILES string of the molecule is C=C/C(C)=C\C(CC)=C(\ONC)c1cccc(N2CCCC(O)C2)c1.CC.CN=C(N)N=C(C)C. The minimum absolute atomic E-state index is 0.245. The number of guanidine groups is 1. The molecule has 0 aromatic heterocycles. The van der Waals surface area contributed by atoms with E-state index < -0.39 is 0 Å². The monoisotopic (exact) mass is 485 g/mol. The number of anilines is 1. The Hall–Kier alpha value is -2.90. The summed E-state index contributed by atoms with van der Waals surface area (Å²) in [6.07, 6.45) is 6.47. The predicted molar refractivity (Wildman–Crippen MR) is 153 cm³/mol. The number of nitrogens with one attached hydrogen (secondary N) is 1. The minimum Gasteiger partial charge on any atom is -0.408 e. The first-order valence-corrected chi connectivity index (χ1v) is 12.4. The van der Waals surface area contributed by atoms with Crippen molar-refractivity contribution < 1.29 is 9.94 Å². The molecule has 0 bridgehead atoms. The Bertz CT molecular complexity index is 883. The first kappa shape index (κ1) is 32.1. The number of allylic oxidation sites excluding steroid dienone is 4. The zero-order chi connectivity index (χ0) is 26.8. The fraction of sp³-hybridized carbons (Fsp3) is 0.500. The van der Waals surface area contributed by atoms with E-state index in [1.54, 1.807) is 14.1 Å². The number of hydrogen-bond acceptors (Lipinski definition) is 5. The molecule has 196 valence electrons. The summed E-state index contributed by atoms with van der Waals surface area (Å²) in [4.78, 5) is 15.5. The first-order valence-electron chi connectivity index (χ1n) is 12.4.